The molecule has 0 amide bonds. The fourth-order valence-corrected chi connectivity index (χ4v) is 2.98. The zero-order valence-electron chi connectivity index (χ0n) is 11.5. The summed E-state index contributed by atoms with van der Waals surface area (Å²) in [6.45, 7) is 1.08. The van der Waals surface area contributed by atoms with E-state index < -0.39 is 0 Å². The molecule has 0 spiro atoms. The van der Waals surface area contributed by atoms with E-state index in [1.54, 1.807) is 6.07 Å². The van der Waals surface area contributed by atoms with E-state index in [-0.39, 0.29) is 11.4 Å². The monoisotopic (exact) mass is 303 g/mol. The number of fused-ring (bicyclic) bond motifs is 1. The first-order valence-corrected chi connectivity index (χ1v) is 7.39. The van der Waals surface area contributed by atoms with Crippen LogP contribution in [0.25, 0.3) is 10.2 Å². The first-order valence-electron chi connectivity index (χ1n) is 6.51. The second-order valence-corrected chi connectivity index (χ2v) is 5.87. The van der Waals surface area contributed by atoms with Gasteiger partial charge in [-0.15, -0.1) is 11.3 Å². The molecule has 0 aliphatic heterocycles. The fourth-order valence-electron chi connectivity index (χ4n) is 2.26. The molecule has 4 nitrogen and oxygen atoms in total. The van der Waals surface area contributed by atoms with Crippen molar-refractivity contribution in [1.82, 2.24) is 14.9 Å². The van der Waals surface area contributed by atoms with Crippen molar-refractivity contribution < 1.29 is 4.39 Å². The molecule has 0 aliphatic carbocycles. The Hall–Kier alpha value is -2.05. The Morgan fingerprint density at radius 3 is 3.00 bits per heavy atom. The summed E-state index contributed by atoms with van der Waals surface area (Å²) in [5, 5.41) is 1.85. The van der Waals surface area contributed by atoms with E-state index in [2.05, 4.69) is 9.97 Å². The maximum absolute atomic E-state index is 13.2. The zero-order valence-corrected chi connectivity index (χ0v) is 12.3. The second kappa shape index (κ2) is 5.75. The van der Waals surface area contributed by atoms with Crippen molar-refractivity contribution in [2.75, 3.05) is 7.05 Å². The maximum atomic E-state index is 13.2. The van der Waals surface area contributed by atoms with Crippen LogP contribution in [0.4, 0.5) is 4.39 Å². The van der Waals surface area contributed by atoms with Crippen LogP contribution in [-0.4, -0.2) is 21.9 Å². The number of H-pyrrole nitrogens is 1. The van der Waals surface area contributed by atoms with Gasteiger partial charge >= 0.3 is 0 Å². The van der Waals surface area contributed by atoms with Gasteiger partial charge in [0, 0.05) is 6.54 Å². The lowest BCUT2D eigenvalue weighted by Gasteiger charge is -2.16. The zero-order chi connectivity index (χ0) is 14.8. The van der Waals surface area contributed by atoms with Crippen LogP contribution in [0.5, 0.6) is 0 Å². The molecular weight excluding hydrogens is 289 g/mol. The van der Waals surface area contributed by atoms with E-state index in [0.717, 1.165) is 11.1 Å². The third kappa shape index (κ3) is 3.17. The molecule has 1 aromatic carbocycles. The Balaban J connectivity index is 1.76. The van der Waals surface area contributed by atoms with Crippen LogP contribution in [-0.2, 0) is 13.1 Å². The summed E-state index contributed by atoms with van der Waals surface area (Å²) in [6, 6.07) is 8.33. The van der Waals surface area contributed by atoms with Crippen molar-refractivity contribution in [2.45, 2.75) is 13.1 Å². The molecule has 0 saturated carbocycles. The number of halogens is 1. The average Bonchev–Trinajstić information content (AvgIpc) is 2.87. The molecule has 3 rings (SSSR count). The highest BCUT2D eigenvalue weighted by Crippen LogP contribution is 2.14. The number of aromatic nitrogens is 2. The summed E-state index contributed by atoms with van der Waals surface area (Å²) < 4.78 is 13.8. The van der Waals surface area contributed by atoms with Crippen molar-refractivity contribution in [1.29, 1.82) is 0 Å². The van der Waals surface area contributed by atoms with Crippen LogP contribution >= 0.6 is 11.3 Å². The number of hydrogen-bond acceptors (Lipinski definition) is 4. The molecule has 0 aliphatic rings. The number of nitrogens with one attached hydrogen (secondary N) is 1. The van der Waals surface area contributed by atoms with E-state index >= 15 is 0 Å². The summed E-state index contributed by atoms with van der Waals surface area (Å²) >= 11 is 1.38. The van der Waals surface area contributed by atoms with Crippen molar-refractivity contribution in [2.24, 2.45) is 0 Å². The normalized spacial score (nSPS) is 11.4. The first-order chi connectivity index (χ1) is 10.1. The van der Waals surface area contributed by atoms with Gasteiger partial charge in [0.2, 0.25) is 0 Å². The minimum absolute atomic E-state index is 0.107. The van der Waals surface area contributed by atoms with Crippen molar-refractivity contribution in [3.05, 3.63) is 63.3 Å². The quantitative estimate of drug-likeness (QED) is 0.806. The topological polar surface area (TPSA) is 49.0 Å². The van der Waals surface area contributed by atoms with Gasteiger partial charge in [-0.2, -0.15) is 0 Å². The maximum Gasteiger partial charge on any atom is 0.268 e. The summed E-state index contributed by atoms with van der Waals surface area (Å²) in [7, 11) is 1.91. The van der Waals surface area contributed by atoms with E-state index in [1.165, 1.54) is 23.5 Å². The third-order valence-corrected chi connectivity index (χ3v) is 4.03. The van der Waals surface area contributed by atoms with Gasteiger partial charge in [-0.1, -0.05) is 12.1 Å². The SMILES string of the molecule is CN(Cc1cccc(F)c1)Cc1nc2ccsc2c(=O)[nH]1. The molecule has 2 aromatic heterocycles. The van der Waals surface area contributed by atoms with Gasteiger partial charge in [-0.3, -0.25) is 9.69 Å². The van der Waals surface area contributed by atoms with Gasteiger partial charge < -0.3 is 4.98 Å². The second-order valence-electron chi connectivity index (χ2n) is 4.95. The molecule has 0 bridgehead atoms. The predicted octanol–water partition coefficient (Wildman–Crippen LogP) is 2.76. The molecule has 21 heavy (non-hydrogen) atoms. The van der Waals surface area contributed by atoms with Gasteiger partial charge in [-0.05, 0) is 36.2 Å². The van der Waals surface area contributed by atoms with Gasteiger partial charge in [-0.25, -0.2) is 9.37 Å². The molecule has 0 saturated heterocycles. The molecule has 0 radical (unpaired) electrons. The van der Waals surface area contributed by atoms with Crippen LogP contribution in [0.3, 0.4) is 0 Å². The molecule has 0 fully saturated rings. The molecule has 108 valence electrons. The predicted molar refractivity (Wildman–Crippen MR) is 81.8 cm³/mol. The smallest absolute Gasteiger partial charge is 0.268 e. The Labute approximate surface area is 124 Å². The van der Waals surface area contributed by atoms with Crippen molar-refractivity contribution >= 4 is 21.6 Å². The van der Waals surface area contributed by atoms with E-state index in [0.29, 0.717) is 23.6 Å². The van der Waals surface area contributed by atoms with Crippen LogP contribution < -0.4 is 5.56 Å². The average molecular weight is 303 g/mol. The number of benzene rings is 1. The summed E-state index contributed by atoms with van der Waals surface area (Å²) in [6.07, 6.45) is 0. The van der Waals surface area contributed by atoms with E-state index in [9.17, 15) is 9.18 Å². The van der Waals surface area contributed by atoms with Crippen LogP contribution in [0.2, 0.25) is 0 Å². The molecule has 2 heterocycles. The molecule has 3 aromatic rings. The highest BCUT2D eigenvalue weighted by atomic mass is 32.1. The minimum atomic E-state index is -0.243. The highest BCUT2D eigenvalue weighted by Gasteiger charge is 2.08. The largest absolute Gasteiger partial charge is 0.308 e. The number of thiophene rings is 1. The van der Waals surface area contributed by atoms with Gasteiger partial charge in [0.15, 0.2) is 0 Å². The summed E-state index contributed by atoms with van der Waals surface area (Å²) in [4.78, 5) is 21.1. The fraction of sp³-hybridized carbons (Fsp3) is 0.200. The van der Waals surface area contributed by atoms with Crippen LogP contribution in [0.1, 0.15) is 11.4 Å². The van der Waals surface area contributed by atoms with E-state index in [1.807, 2.05) is 29.5 Å². The van der Waals surface area contributed by atoms with Crippen molar-refractivity contribution in [3.8, 4) is 0 Å². The van der Waals surface area contributed by atoms with Gasteiger partial charge in [0.1, 0.15) is 16.3 Å². The Morgan fingerprint density at radius 1 is 1.33 bits per heavy atom. The Morgan fingerprint density at radius 2 is 2.19 bits per heavy atom. The van der Waals surface area contributed by atoms with Gasteiger partial charge in [0.05, 0.1) is 12.1 Å². The lowest BCUT2D eigenvalue weighted by molar-refractivity contribution is 0.310. The first kappa shape index (κ1) is 13.9. The van der Waals surface area contributed by atoms with Crippen molar-refractivity contribution in [3.63, 3.8) is 0 Å². The summed E-state index contributed by atoms with van der Waals surface area (Å²) in [5.74, 6) is 0.372. The Kier molecular flexibility index (Phi) is 3.81. The molecule has 0 atom stereocenters. The number of aromatic amines is 1. The number of nitrogens with zero attached hydrogens (tertiary/aromatic N) is 2. The Bertz CT molecular complexity index is 827. The lowest BCUT2D eigenvalue weighted by atomic mass is 10.2. The standard InChI is InChI=1S/C15H14FN3OS/c1-19(8-10-3-2-4-11(16)7-10)9-13-17-12-5-6-21-14(12)15(20)18-13/h2-7H,8-9H2,1H3,(H,17,18,20). The lowest BCUT2D eigenvalue weighted by Crippen LogP contribution is -2.21. The number of rotatable bonds is 4. The summed E-state index contributed by atoms with van der Waals surface area (Å²) in [5.41, 5.74) is 1.50. The van der Waals surface area contributed by atoms with Gasteiger partial charge in [0.25, 0.3) is 5.56 Å². The molecule has 0 unspecified atom stereocenters. The van der Waals surface area contributed by atoms with Crippen LogP contribution in [0, 0.1) is 5.82 Å². The minimum Gasteiger partial charge on any atom is -0.308 e. The molecule has 1 N–H and O–H groups in total. The van der Waals surface area contributed by atoms with E-state index in [4.69, 9.17) is 0 Å². The highest BCUT2D eigenvalue weighted by molar-refractivity contribution is 7.17. The van der Waals surface area contributed by atoms with Crippen LogP contribution in [0.15, 0.2) is 40.5 Å². The number of hydrogen-bond donors (Lipinski definition) is 1. The molecule has 6 heteroatoms. The third-order valence-electron chi connectivity index (χ3n) is 3.13. The molecular formula is C15H14FN3OS.